The Morgan fingerprint density at radius 2 is 1.78 bits per heavy atom. The van der Waals surface area contributed by atoms with Gasteiger partial charge in [0.2, 0.25) is 0 Å². The van der Waals surface area contributed by atoms with Crippen molar-refractivity contribution < 1.29 is 4.39 Å². The molecule has 0 spiro atoms. The molecule has 0 saturated carbocycles. The van der Waals surface area contributed by atoms with E-state index in [0.717, 1.165) is 17.7 Å². The Kier molecular flexibility index (Phi) is 5.25. The van der Waals surface area contributed by atoms with Crippen LogP contribution in [0.3, 0.4) is 0 Å². The minimum atomic E-state index is -0.270. The molecule has 96 valence electrons. The van der Waals surface area contributed by atoms with Gasteiger partial charge < -0.3 is 5.73 Å². The molecule has 0 radical (unpaired) electrons. The Hall–Kier alpha value is -1.45. The highest BCUT2D eigenvalue weighted by Crippen LogP contribution is 2.19. The van der Waals surface area contributed by atoms with E-state index in [9.17, 15) is 4.39 Å². The van der Waals surface area contributed by atoms with Crippen molar-refractivity contribution in [2.45, 2.75) is 13.3 Å². The minimum Gasteiger partial charge on any atom is -0.330 e. The van der Waals surface area contributed by atoms with Crippen molar-refractivity contribution in [3.8, 4) is 11.3 Å². The van der Waals surface area contributed by atoms with Crippen LogP contribution in [0.25, 0.3) is 11.3 Å². The Morgan fingerprint density at radius 3 is 2.33 bits per heavy atom. The second-order valence-electron chi connectivity index (χ2n) is 4.00. The van der Waals surface area contributed by atoms with Gasteiger partial charge in [-0.2, -0.15) is 0 Å². The molecule has 1 aromatic carbocycles. The molecule has 0 saturated heterocycles. The molecule has 1 heterocycles. The number of pyridine rings is 1. The van der Waals surface area contributed by atoms with Crippen LogP contribution in [0, 0.1) is 12.7 Å². The first-order chi connectivity index (χ1) is 8.20. The molecule has 2 nitrogen and oxygen atoms in total. The lowest BCUT2D eigenvalue weighted by Crippen LogP contribution is -2.02. The van der Waals surface area contributed by atoms with Crippen molar-refractivity contribution in [2.24, 2.45) is 5.73 Å². The van der Waals surface area contributed by atoms with Gasteiger partial charge in [-0.05, 0) is 37.6 Å². The predicted molar refractivity (Wildman–Crippen MR) is 74.4 cm³/mol. The van der Waals surface area contributed by atoms with Gasteiger partial charge in [-0.1, -0.05) is 24.3 Å². The summed E-state index contributed by atoms with van der Waals surface area (Å²) in [6.07, 6.45) is 0.871. The number of aryl methyl sites for hydroxylation is 1. The van der Waals surface area contributed by atoms with E-state index in [2.05, 4.69) is 4.98 Å². The number of nitrogens with two attached hydrogens (primary N) is 1. The van der Waals surface area contributed by atoms with Crippen LogP contribution in [0.5, 0.6) is 0 Å². The zero-order chi connectivity index (χ0) is 12.3. The lowest BCUT2D eigenvalue weighted by Gasteiger charge is -2.04. The van der Waals surface area contributed by atoms with Gasteiger partial charge in [0.05, 0.1) is 11.4 Å². The van der Waals surface area contributed by atoms with E-state index in [1.807, 2.05) is 24.3 Å². The van der Waals surface area contributed by atoms with Crippen molar-refractivity contribution in [2.75, 3.05) is 6.54 Å². The molecular formula is C14H16ClFN2. The third-order valence-electron chi connectivity index (χ3n) is 2.70. The summed E-state index contributed by atoms with van der Waals surface area (Å²) in [5.41, 5.74) is 8.91. The maximum absolute atomic E-state index is 13.1. The van der Waals surface area contributed by atoms with Crippen LogP contribution in [0.2, 0.25) is 0 Å². The van der Waals surface area contributed by atoms with Gasteiger partial charge in [0.25, 0.3) is 0 Å². The van der Waals surface area contributed by atoms with Crippen molar-refractivity contribution in [3.63, 3.8) is 0 Å². The smallest absolute Gasteiger partial charge is 0.144 e. The molecule has 2 rings (SSSR count). The molecule has 0 aliphatic carbocycles. The zero-order valence-corrected chi connectivity index (χ0v) is 11.0. The third kappa shape index (κ3) is 3.28. The molecule has 0 aliphatic rings. The van der Waals surface area contributed by atoms with Crippen LogP contribution in [0.4, 0.5) is 4.39 Å². The molecular weight excluding hydrogens is 251 g/mol. The number of halogens is 2. The third-order valence-corrected chi connectivity index (χ3v) is 2.70. The van der Waals surface area contributed by atoms with Crippen molar-refractivity contribution in [1.82, 2.24) is 4.98 Å². The second kappa shape index (κ2) is 6.47. The van der Waals surface area contributed by atoms with Crippen LogP contribution in [0.1, 0.15) is 11.3 Å². The SMILES string of the molecule is Cc1nc(-c2ccc(CCN)cc2)ccc1F.Cl. The summed E-state index contributed by atoms with van der Waals surface area (Å²) in [6.45, 7) is 2.31. The number of benzene rings is 1. The molecule has 0 unspecified atom stereocenters. The maximum Gasteiger partial charge on any atom is 0.144 e. The number of hydrogen-bond donors (Lipinski definition) is 1. The van der Waals surface area contributed by atoms with E-state index in [1.54, 1.807) is 13.0 Å². The predicted octanol–water partition coefficient (Wildman–Crippen LogP) is 3.12. The lowest BCUT2D eigenvalue weighted by atomic mass is 10.1. The standard InChI is InChI=1S/C14H15FN2.ClH/c1-10-13(15)6-7-14(17-10)12-4-2-11(3-5-12)8-9-16;/h2-7H,8-9,16H2,1H3;1H. The minimum absolute atomic E-state index is 0. The molecule has 2 aromatic rings. The van der Waals surface area contributed by atoms with Gasteiger partial charge in [-0.25, -0.2) is 4.39 Å². The summed E-state index contributed by atoms with van der Waals surface area (Å²) < 4.78 is 13.1. The fraction of sp³-hybridized carbons (Fsp3) is 0.214. The van der Waals surface area contributed by atoms with E-state index in [-0.39, 0.29) is 18.2 Å². The first kappa shape index (κ1) is 14.6. The van der Waals surface area contributed by atoms with Gasteiger partial charge >= 0.3 is 0 Å². The van der Waals surface area contributed by atoms with Crippen molar-refractivity contribution >= 4 is 12.4 Å². The quantitative estimate of drug-likeness (QED) is 0.927. The Labute approximate surface area is 112 Å². The molecule has 1 aromatic heterocycles. The summed E-state index contributed by atoms with van der Waals surface area (Å²) in [5, 5.41) is 0. The lowest BCUT2D eigenvalue weighted by molar-refractivity contribution is 0.610. The molecule has 0 fully saturated rings. The van der Waals surface area contributed by atoms with Gasteiger partial charge in [-0.3, -0.25) is 4.98 Å². The topological polar surface area (TPSA) is 38.9 Å². The van der Waals surface area contributed by atoms with Crippen LogP contribution < -0.4 is 5.73 Å². The summed E-state index contributed by atoms with van der Waals surface area (Å²) in [7, 11) is 0. The van der Waals surface area contributed by atoms with E-state index >= 15 is 0 Å². The summed E-state index contributed by atoms with van der Waals surface area (Å²) >= 11 is 0. The molecule has 18 heavy (non-hydrogen) atoms. The summed E-state index contributed by atoms with van der Waals surface area (Å²) in [4.78, 5) is 4.22. The fourth-order valence-corrected chi connectivity index (χ4v) is 1.71. The summed E-state index contributed by atoms with van der Waals surface area (Å²) in [5.74, 6) is -0.270. The van der Waals surface area contributed by atoms with Gasteiger partial charge in [-0.15, -0.1) is 12.4 Å². The first-order valence-corrected chi connectivity index (χ1v) is 5.63. The van der Waals surface area contributed by atoms with Crippen molar-refractivity contribution in [1.29, 1.82) is 0 Å². The largest absolute Gasteiger partial charge is 0.330 e. The molecule has 2 N–H and O–H groups in total. The van der Waals surface area contributed by atoms with Crippen molar-refractivity contribution in [3.05, 3.63) is 53.5 Å². The second-order valence-corrected chi connectivity index (χ2v) is 4.00. The monoisotopic (exact) mass is 266 g/mol. The molecule has 0 atom stereocenters. The Bertz CT molecular complexity index is 512. The zero-order valence-electron chi connectivity index (χ0n) is 10.2. The summed E-state index contributed by atoms with van der Waals surface area (Å²) in [6, 6.07) is 11.2. The number of hydrogen-bond acceptors (Lipinski definition) is 2. The molecule has 0 aliphatic heterocycles. The normalized spacial score (nSPS) is 9.94. The molecule has 4 heteroatoms. The van der Waals surface area contributed by atoms with E-state index in [0.29, 0.717) is 12.2 Å². The average molecular weight is 267 g/mol. The average Bonchev–Trinajstić information content (AvgIpc) is 2.34. The number of rotatable bonds is 3. The van der Waals surface area contributed by atoms with E-state index in [4.69, 9.17) is 5.73 Å². The van der Waals surface area contributed by atoms with Gasteiger partial charge in [0.1, 0.15) is 5.82 Å². The highest BCUT2D eigenvalue weighted by molar-refractivity contribution is 5.85. The van der Waals surface area contributed by atoms with E-state index < -0.39 is 0 Å². The van der Waals surface area contributed by atoms with Gasteiger partial charge in [0, 0.05) is 5.56 Å². The van der Waals surface area contributed by atoms with Crippen LogP contribution >= 0.6 is 12.4 Å². The fourth-order valence-electron chi connectivity index (χ4n) is 1.71. The van der Waals surface area contributed by atoms with Crippen LogP contribution in [-0.2, 0) is 6.42 Å². The van der Waals surface area contributed by atoms with Gasteiger partial charge in [0.15, 0.2) is 0 Å². The Morgan fingerprint density at radius 1 is 1.11 bits per heavy atom. The van der Waals surface area contributed by atoms with Crippen LogP contribution in [0.15, 0.2) is 36.4 Å². The van der Waals surface area contributed by atoms with Crippen LogP contribution in [-0.4, -0.2) is 11.5 Å². The molecule has 0 amide bonds. The highest BCUT2D eigenvalue weighted by atomic mass is 35.5. The maximum atomic E-state index is 13.1. The first-order valence-electron chi connectivity index (χ1n) is 5.63. The number of nitrogens with zero attached hydrogens (tertiary/aromatic N) is 1. The Balaban J connectivity index is 0.00000162. The number of aromatic nitrogens is 1. The van der Waals surface area contributed by atoms with E-state index in [1.165, 1.54) is 11.6 Å². The highest BCUT2D eigenvalue weighted by Gasteiger charge is 2.03. The molecule has 0 bridgehead atoms.